The summed E-state index contributed by atoms with van der Waals surface area (Å²) in [5.74, 6) is 0.0377. The summed E-state index contributed by atoms with van der Waals surface area (Å²) in [5.41, 5.74) is 1.29. The highest BCUT2D eigenvalue weighted by Gasteiger charge is 1.98. The predicted octanol–water partition coefficient (Wildman–Crippen LogP) is 3.41. The first-order valence-electron chi connectivity index (χ1n) is 5.22. The van der Waals surface area contributed by atoms with Gasteiger partial charge in [0.05, 0.1) is 5.56 Å². The fourth-order valence-corrected chi connectivity index (χ4v) is 1.31. The van der Waals surface area contributed by atoms with Crippen LogP contribution in [0.25, 0.3) is 6.08 Å². The predicted molar refractivity (Wildman–Crippen MR) is 62.1 cm³/mol. The number of hydrogen-bond donors (Lipinski definition) is 1. The van der Waals surface area contributed by atoms with Crippen molar-refractivity contribution in [1.82, 2.24) is 0 Å². The lowest BCUT2D eigenvalue weighted by molar-refractivity contribution is 0.112. The van der Waals surface area contributed by atoms with E-state index in [1.54, 1.807) is 18.2 Å². The van der Waals surface area contributed by atoms with Crippen LogP contribution in [0.2, 0.25) is 0 Å². The molecule has 1 rings (SSSR count). The van der Waals surface area contributed by atoms with Gasteiger partial charge in [-0.25, -0.2) is 0 Å². The molecule has 0 saturated heterocycles. The van der Waals surface area contributed by atoms with Crippen LogP contribution in [-0.4, -0.2) is 11.4 Å². The highest BCUT2D eigenvalue weighted by atomic mass is 16.3. The van der Waals surface area contributed by atoms with E-state index < -0.39 is 0 Å². The van der Waals surface area contributed by atoms with E-state index in [2.05, 4.69) is 13.0 Å². The molecule has 0 saturated carbocycles. The van der Waals surface area contributed by atoms with Crippen molar-refractivity contribution in [2.45, 2.75) is 26.2 Å². The third-order valence-corrected chi connectivity index (χ3v) is 2.21. The van der Waals surface area contributed by atoms with Crippen molar-refractivity contribution in [2.24, 2.45) is 0 Å². The molecular weight excluding hydrogens is 188 g/mol. The largest absolute Gasteiger partial charge is 0.507 e. The molecule has 0 aromatic heterocycles. The maximum atomic E-state index is 10.6. The van der Waals surface area contributed by atoms with Crippen molar-refractivity contribution >= 4 is 12.4 Å². The number of phenols is 1. The van der Waals surface area contributed by atoms with Crippen molar-refractivity contribution < 1.29 is 9.90 Å². The summed E-state index contributed by atoms with van der Waals surface area (Å²) < 4.78 is 0. The van der Waals surface area contributed by atoms with Crippen molar-refractivity contribution in [3.05, 3.63) is 35.4 Å². The van der Waals surface area contributed by atoms with Crippen LogP contribution in [-0.2, 0) is 0 Å². The maximum absolute atomic E-state index is 10.6. The molecule has 0 atom stereocenters. The van der Waals surface area contributed by atoms with Crippen molar-refractivity contribution in [3.63, 3.8) is 0 Å². The highest BCUT2D eigenvalue weighted by molar-refractivity contribution is 5.80. The monoisotopic (exact) mass is 204 g/mol. The molecule has 2 heteroatoms. The van der Waals surface area contributed by atoms with Gasteiger partial charge in [-0.05, 0) is 24.1 Å². The molecule has 80 valence electrons. The third kappa shape index (κ3) is 3.58. The zero-order valence-electron chi connectivity index (χ0n) is 8.94. The van der Waals surface area contributed by atoms with Gasteiger partial charge in [-0.1, -0.05) is 38.0 Å². The van der Waals surface area contributed by atoms with Gasteiger partial charge < -0.3 is 5.11 Å². The molecule has 0 fully saturated rings. The first kappa shape index (κ1) is 11.5. The molecule has 0 spiro atoms. The molecule has 1 N–H and O–H groups in total. The average molecular weight is 204 g/mol. The summed E-state index contributed by atoms with van der Waals surface area (Å²) in [6.45, 7) is 2.15. The Morgan fingerprint density at radius 2 is 2.20 bits per heavy atom. The molecule has 2 nitrogen and oxygen atoms in total. The van der Waals surface area contributed by atoms with E-state index in [0.717, 1.165) is 12.0 Å². The van der Waals surface area contributed by atoms with Gasteiger partial charge in [-0.15, -0.1) is 0 Å². The SMILES string of the molecule is CCCC/C=C/c1ccc(O)c(C=O)c1. The Labute approximate surface area is 90.3 Å². The normalized spacial score (nSPS) is 10.7. The van der Waals surface area contributed by atoms with Gasteiger partial charge in [0.1, 0.15) is 5.75 Å². The Balaban J connectivity index is 2.69. The van der Waals surface area contributed by atoms with E-state index in [1.807, 2.05) is 6.08 Å². The second-order valence-electron chi connectivity index (χ2n) is 3.48. The van der Waals surface area contributed by atoms with Crippen molar-refractivity contribution in [2.75, 3.05) is 0 Å². The number of rotatable bonds is 5. The van der Waals surface area contributed by atoms with Crippen LogP contribution in [0.5, 0.6) is 5.75 Å². The van der Waals surface area contributed by atoms with Crippen LogP contribution < -0.4 is 0 Å². The van der Waals surface area contributed by atoms with Crippen molar-refractivity contribution in [1.29, 1.82) is 0 Å². The van der Waals surface area contributed by atoms with Gasteiger partial charge in [0, 0.05) is 0 Å². The number of allylic oxidation sites excluding steroid dienone is 1. The zero-order chi connectivity index (χ0) is 11.1. The van der Waals surface area contributed by atoms with Crippen molar-refractivity contribution in [3.8, 4) is 5.75 Å². The standard InChI is InChI=1S/C13H16O2/c1-2-3-4-5-6-11-7-8-13(15)12(9-11)10-14/h5-10,15H,2-4H2,1H3/b6-5+. The molecule has 0 bridgehead atoms. The smallest absolute Gasteiger partial charge is 0.153 e. The minimum Gasteiger partial charge on any atom is -0.507 e. The minimum atomic E-state index is 0.0377. The lowest BCUT2D eigenvalue weighted by atomic mass is 10.1. The molecule has 0 aliphatic rings. The summed E-state index contributed by atoms with van der Waals surface area (Å²) in [5, 5.41) is 9.29. The number of aldehydes is 1. The molecule has 0 amide bonds. The van der Waals surface area contributed by atoms with Crippen LogP contribution in [0, 0.1) is 0 Å². The third-order valence-electron chi connectivity index (χ3n) is 2.21. The lowest BCUT2D eigenvalue weighted by Crippen LogP contribution is -1.82. The van der Waals surface area contributed by atoms with Gasteiger partial charge in [0.2, 0.25) is 0 Å². The van der Waals surface area contributed by atoms with Crippen LogP contribution in [0.1, 0.15) is 42.1 Å². The summed E-state index contributed by atoms with van der Waals surface area (Å²) in [7, 11) is 0. The summed E-state index contributed by atoms with van der Waals surface area (Å²) >= 11 is 0. The van der Waals surface area contributed by atoms with Gasteiger partial charge in [0.25, 0.3) is 0 Å². The lowest BCUT2D eigenvalue weighted by Gasteiger charge is -1.98. The molecular formula is C13H16O2. The Morgan fingerprint density at radius 1 is 1.40 bits per heavy atom. The summed E-state index contributed by atoms with van der Waals surface area (Å²) in [6.07, 6.45) is 8.13. The van der Waals surface area contributed by atoms with Crippen LogP contribution in [0.4, 0.5) is 0 Å². The quantitative estimate of drug-likeness (QED) is 0.589. The Bertz CT molecular complexity index is 354. The number of aromatic hydroxyl groups is 1. The summed E-state index contributed by atoms with van der Waals surface area (Å²) in [4.78, 5) is 10.6. The van der Waals surface area contributed by atoms with Gasteiger partial charge in [-0.2, -0.15) is 0 Å². The summed E-state index contributed by atoms with van der Waals surface area (Å²) in [6, 6.07) is 5.03. The number of carbonyl (C=O) groups is 1. The maximum Gasteiger partial charge on any atom is 0.153 e. The molecule has 0 unspecified atom stereocenters. The minimum absolute atomic E-state index is 0.0377. The molecule has 1 aromatic rings. The molecule has 0 aliphatic heterocycles. The zero-order valence-corrected chi connectivity index (χ0v) is 8.94. The number of benzene rings is 1. The second-order valence-corrected chi connectivity index (χ2v) is 3.48. The average Bonchev–Trinajstić information content (AvgIpc) is 2.26. The van der Waals surface area contributed by atoms with E-state index in [4.69, 9.17) is 0 Å². The van der Waals surface area contributed by atoms with Crippen LogP contribution >= 0.6 is 0 Å². The van der Waals surface area contributed by atoms with Crippen LogP contribution in [0.3, 0.4) is 0 Å². The number of unbranched alkanes of at least 4 members (excludes halogenated alkanes) is 2. The van der Waals surface area contributed by atoms with E-state index in [-0.39, 0.29) is 5.75 Å². The van der Waals surface area contributed by atoms with E-state index in [1.165, 1.54) is 12.8 Å². The van der Waals surface area contributed by atoms with Gasteiger partial charge in [-0.3, -0.25) is 4.79 Å². The fourth-order valence-electron chi connectivity index (χ4n) is 1.31. The highest BCUT2D eigenvalue weighted by Crippen LogP contribution is 2.17. The molecule has 1 aromatic carbocycles. The fraction of sp³-hybridized carbons (Fsp3) is 0.308. The molecule has 0 radical (unpaired) electrons. The van der Waals surface area contributed by atoms with E-state index in [9.17, 15) is 9.90 Å². The molecule has 0 heterocycles. The van der Waals surface area contributed by atoms with Crippen LogP contribution in [0.15, 0.2) is 24.3 Å². The topological polar surface area (TPSA) is 37.3 Å². The van der Waals surface area contributed by atoms with Gasteiger partial charge >= 0.3 is 0 Å². The molecule has 0 aliphatic carbocycles. The number of carbonyl (C=O) groups excluding carboxylic acids is 1. The van der Waals surface area contributed by atoms with E-state index in [0.29, 0.717) is 11.8 Å². The van der Waals surface area contributed by atoms with E-state index >= 15 is 0 Å². The first-order chi connectivity index (χ1) is 7.27. The number of phenolic OH excluding ortho intramolecular Hbond substituents is 1. The first-order valence-corrected chi connectivity index (χ1v) is 5.22. The Kier molecular flexibility index (Phi) is 4.61. The Morgan fingerprint density at radius 3 is 2.87 bits per heavy atom. The molecule has 15 heavy (non-hydrogen) atoms. The number of hydrogen-bond acceptors (Lipinski definition) is 2. The second kappa shape index (κ2) is 6.02. The van der Waals surface area contributed by atoms with Gasteiger partial charge in [0.15, 0.2) is 6.29 Å². The Hall–Kier alpha value is -1.57.